The molecule has 2 aliphatic rings. The maximum Gasteiger partial charge on any atom is 0.149 e. The maximum atomic E-state index is 12.0. The average Bonchev–Trinajstić information content (AvgIpc) is 2.83. The molecule has 0 aromatic rings. The Kier molecular flexibility index (Phi) is 4.32. The molecule has 1 heterocycles. The van der Waals surface area contributed by atoms with E-state index < -0.39 is 0 Å². The Labute approximate surface area is 96.6 Å². The third-order valence-corrected chi connectivity index (χ3v) is 3.73. The zero-order chi connectivity index (χ0) is 11.4. The van der Waals surface area contributed by atoms with Crippen LogP contribution in [0.15, 0.2) is 0 Å². The first-order valence-corrected chi connectivity index (χ1v) is 6.26. The normalized spacial score (nSPS) is 28.4. The summed E-state index contributed by atoms with van der Waals surface area (Å²) in [5.74, 6) is 0.639. The number of aliphatic hydroxyl groups is 1. The number of carbonyl (C=O) groups excluding carboxylic acids is 1. The van der Waals surface area contributed by atoms with Crippen molar-refractivity contribution < 1.29 is 14.6 Å². The molecule has 1 saturated heterocycles. The molecule has 4 nitrogen and oxygen atoms in total. The van der Waals surface area contributed by atoms with E-state index in [0.717, 1.165) is 19.4 Å². The number of morpholine rings is 1. The highest BCUT2D eigenvalue weighted by atomic mass is 16.5. The van der Waals surface area contributed by atoms with Gasteiger partial charge in [0.25, 0.3) is 0 Å². The van der Waals surface area contributed by atoms with Crippen LogP contribution < -0.4 is 0 Å². The lowest BCUT2D eigenvalue weighted by Gasteiger charge is -2.34. The van der Waals surface area contributed by atoms with Crippen LogP contribution in [0.1, 0.15) is 25.7 Å². The van der Waals surface area contributed by atoms with Gasteiger partial charge in [0.2, 0.25) is 0 Å². The van der Waals surface area contributed by atoms with Gasteiger partial charge in [0.1, 0.15) is 5.78 Å². The van der Waals surface area contributed by atoms with Crippen molar-refractivity contribution in [3.05, 3.63) is 0 Å². The first-order valence-electron chi connectivity index (χ1n) is 6.26. The van der Waals surface area contributed by atoms with Crippen LogP contribution >= 0.6 is 0 Å². The standard InChI is InChI=1S/C12H21NO3/c14-8-11-9-16-6-5-13(11)7-12(15)10-3-1-2-4-10/h10-11,14H,1-9H2. The van der Waals surface area contributed by atoms with E-state index in [1.54, 1.807) is 0 Å². The minimum Gasteiger partial charge on any atom is -0.395 e. The molecule has 0 aromatic carbocycles. The molecule has 1 aliphatic heterocycles. The van der Waals surface area contributed by atoms with Gasteiger partial charge in [0.05, 0.1) is 32.4 Å². The highest BCUT2D eigenvalue weighted by Crippen LogP contribution is 2.26. The van der Waals surface area contributed by atoms with Crippen molar-refractivity contribution in [1.82, 2.24) is 4.90 Å². The number of ether oxygens (including phenoxy) is 1. The van der Waals surface area contributed by atoms with E-state index in [0.29, 0.717) is 25.5 Å². The fraction of sp³-hybridized carbons (Fsp3) is 0.917. The summed E-state index contributed by atoms with van der Waals surface area (Å²) in [6.45, 7) is 2.57. The molecular formula is C12H21NO3. The van der Waals surface area contributed by atoms with Crippen LogP contribution in [0.3, 0.4) is 0 Å². The predicted octanol–water partition coefficient (Wildman–Crippen LogP) is 0.439. The monoisotopic (exact) mass is 227 g/mol. The molecule has 2 rings (SSSR count). The summed E-state index contributed by atoms with van der Waals surface area (Å²) in [6.07, 6.45) is 4.52. The van der Waals surface area contributed by atoms with Crippen molar-refractivity contribution >= 4 is 5.78 Å². The van der Waals surface area contributed by atoms with Gasteiger partial charge >= 0.3 is 0 Å². The van der Waals surface area contributed by atoms with Crippen LogP contribution in [-0.2, 0) is 9.53 Å². The lowest BCUT2D eigenvalue weighted by atomic mass is 10.0. The molecule has 1 aliphatic carbocycles. The fourth-order valence-electron chi connectivity index (χ4n) is 2.64. The Morgan fingerprint density at radius 3 is 2.81 bits per heavy atom. The van der Waals surface area contributed by atoms with Crippen molar-refractivity contribution in [3.8, 4) is 0 Å². The van der Waals surface area contributed by atoms with Gasteiger partial charge in [-0.05, 0) is 12.8 Å². The zero-order valence-electron chi connectivity index (χ0n) is 9.73. The van der Waals surface area contributed by atoms with E-state index in [1.165, 1.54) is 12.8 Å². The van der Waals surface area contributed by atoms with E-state index in [2.05, 4.69) is 4.90 Å². The van der Waals surface area contributed by atoms with Crippen LogP contribution in [0.25, 0.3) is 0 Å². The van der Waals surface area contributed by atoms with Crippen LogP contribution in [0.5, 0.6) is 0 Å². The van der Waals surface area contributed by atoms with E-state index in [4.69, 9.17) is 4.74 Å². The number of ketones is 1. The van der Waals surface area contributed by atoms with Gasteiger partial charge in [-0.25, -0.2) is 0 Å². The van der Waals surface area contributed by atoms with E-state index in [1.807, 2.05) is 0 Å². The molecule has 0 spiro atoms. The van der Waals surface area contributed by atoms with Crippen molar-refractivity contribution in [2.75, 3.05) is 32.9 Å². The van der Waals surface area contributed by atoms with Crippen LogP contribution in [-0.4, -0.2) is 54.7 Å². The SMILES string of the molecule is O=C(CN1CCOCC1CO)C1CCCC1. The van der Waals surface area contributed by atoms with Crippen LogP contribution in [0.4, 0.5) is 0 Å². The lowest BCUT2D eigenvalue weighted by molar-refractivity contribution is -0.126. The van der Waals surface area contributed by atoms with Gasteiger partial charge in [0, 0.05) is 12.5 Å². The second kappa shape index (κ2) is 5.75. The Morgan fingerprint density at radius 2 is 2.12 bits per heavy atom. The predicted molar refractivity (Wildman–Crippen MR) is 60.2 cm³/mol. The minimum absolute atomic E-state index is 0.0131. The molecule has 0 bridgehead atoms. The minimum atomic E-state index is 0.0131. The Hall–Kier alpha value is -0.450. The van der Waals surface area contributed by atoms with Crippen molar-refractivity contribution in [2.45, 2.75) is 31.7 Å². The first kappa shape index (κ1) is 12.0. The summed E-state index contributed by atoms with van der Waals surface area (Å²) in [6, 6.07) is 0.0131. The molecule has 1 N–H and O–H groups in total. The highest BCUT2D eigenvalue weighted by Gasteiger charge is 2.28. The summed E-state index contributed by atoms with van der Waals surface area (Å²) < 4.78 is 5.30. The van der Waals surface area contributed by atoms with E-state index in [9.17, 15) is 9.90 Å². The molecule has 1 saturated carbocycles. The molecule has 0 aromatic heterocycles. The summed E-state index contributed by atoms with van der Waals surface area (Å²) in [5.41, 5.74) is 0. The third-order valence-electron chi connectivity index (χ3n) is 3.73. The van der Waals surface area contributed by atoms with Gasteiger partial charge < -0.3 is 9.84 Å². The van der Waals surface area contributed by atoms with Gasteiger partial charge in [-0.1, -0.05) is 12.8 Å². The lowest BCUT2D eigenvalue weighted by Crippen LogP contribution is -2.50. The molecule has 0 radical (unpaired) electrons. The van der Waals surface area contributed by atoms with Gasteiger partial charge in [-0.3, -0.25) is 9.69 Å². The number of aliphatic hydroxyl groups excluding tert-OH is 1. The number of hydrogen-bond acceptors (Lipinski definition) is 4. The Balaban J connectivity index is 1.84. The van der Waals surface area contributed by atoms with Gasteiger partial charge in [-0.15, -0.1) is 0 Å². The fourth-order valence-corrected chi connectivity index (χ4v) is 2.64. The van der Waals surface area contributed by atoms with Crippen molar-refractivity contribution in [1.29, 1.82) is 0 Å². The topological polar surface area (TPSA) is 49.8 Å². The number of rotatable bonds is 4. The van der Waals surface area contributed by atoms with Gasteiger partial charge in [0.15, 0.2) is 0 Å². The maximum absolute atomic E-state index is 12.0. The molecule has 1 atom stereocenters. The molecule has 16 heavy (non-hydrogen) atoms. The number of nitrogens with zero attached hydrogens (tertiary/aromatic N) is 1. The first-order chi connectivity index (χ1) is 7.81. The van der Waals surface area contributed by atoms with Crippen LogP contribution in [0.2, 0.25) is 0 Å². The largest absolute Gasteiger partial charge is 0.395 e. The average molecular weight is 227 g/mol. The summed E-state index contributed by atoms with van der Waals surface area (Å²) >= 11 is 0. The van der Waals surface area contributed by atoms with Crippen molar-refractivity contribution in [3.63, 3.8) is 0 Å². The van der Waals surface area contributed by atoms with E-state index in [-0.39, 0.29) is 18.6 Å². The van der Waals surface area contributed by atoms with Crippen molar-refractivity contribution in [2.24, 2.45) is 5.92 Å². The molecule has 0 amide bonds. The Bertz CT molecular complexity index is 238. The second-order valence-electron chi connectivity index (χ2n) is 4.83. The van der Waals surface area contributed by atoms with Crippen LogP contribution in [0, 0.1) is 5.92 Å². The summed E-state index contributed by atoms with van der Waals surface area (Å²) in [4.78, 5) is 14.1. The molecule has 92 valence electrons. The molecule has 2 fully saturated rings. The highest BCUT2D eigenvalue weighted by molar-refractivity contribution is 5.83. The van der Waals surface area contributed by atoms with E-state index >= 15 is 0 Å². The Morgan fingerprint density at radius 1 is 1.38 bits per heavy atom. The quantitative estimate of drug-likeness (QED) is 0.757. The second-order valence-corrected chi connectivity index (χ2v) is 4.83. The number of hydrogen-bond donors (Lipinski definition) is 1. The molecule has 4 heteroatoms. The number of Topliss-reactive ketones (excluding diaryl/α,β-unsaturated/α-hetero) is 1. The summed E-state index contributed by atoms with van der Waals surface area (Å²) in [7, 11) is 0. The third kappa shape index (κ3) is 2.81. The number of carbonyl (C=O) groups is 1. The van der Waals surface area contributed by atoms with Gasteiger partial charge in [-0.2, -0.15) is 0 Å². The molecular weight excluding hydrogens is 206 g/mol. The summed E-state index contributed by atoms with van der Waals surface area (Å²) in [5, 5.41) is 9.21. The smallest absolute Gasteiger partial charge is 0.149 e. The molecule has 1 unspecified atom stereocenters. The zero-order valence-corrected chi connectivity index (χ0v) is 9.73.